The van der Waals surface area contributed by atoms with Gasteiger partial charge in [0.25, 0.3) is 0 Å². The van der Waals surface area contributed by atoms with Crippen LogP contribution in [0.1, 0.15) is 0 Å². The highest BCUT2D eigenvalue weighted by Crippen LogP contribution is 1.77. The van der Waals surface area contributed by atoms with Gasteiger partial charge in [0.2, 0.25) is 5.91 Å². The topological polar surface area (TPSA) is 44.4 Å². The van der Waals surface area contributed by atoms with Gasteiger partial charge in [-0.1, -0.05) is 0 Å². The fourth-order valence-electron chi connectivity index (χ4n) is 0.585. The number of carbonyl (C=O) groups excluding carboxylic acids is 1. The van der Waals surface area contributed by atoms with Crippen molar-refractivity contribution in [2.24, 2.45) is 0 Å². The molecule has 1 amide bonds. The average molecular weight is 221 g/mol. The Morgan fingerprint density at radius 1 is 1.38 bits per heavy atom. The molecular formula is C7H15N3OS2. The molecule has 0 atom stereocenters. The minimum absolute atomic E-state index is 0.0686. The van der Waals surface area contributed by atoms with Crippen molar-refractivity contribution in [3.63, 3.8) is 0 Å². The highest BCUT2D eigenvalue weighted by molar-refractivity contribution is 7.81. The molecule has 4 nitrogen and oxygen atoms in total. The van der Waals surface area contributed by atoms with Gasteiger partial charge in [0, 0.05) is 27.2 Å². The van der Waals surface area contributed by atoms with E-state index < -0.39 is 0 Å². The molecule has 0 aromatic carbocycles. The lowest BCUT2D eigenvalue weighted by Crippen LogP contribution is -2.39. The van der Waals surface area contributed by atoms with Crippen molar-refractivity contribution in [3.8, 4) is 0 Å². The van der Waals surface area contributed by atoms with Crippen LogP contribution in [0.3, 0.4) is 0 Å². The third-order valence-electron chi connectivity index (χ3n) is 1.27. The van der Waals surface area contributed by atoms with Gasteiger partial charge in [0.15, 0.2) is 5.11 Å². The predicted octanol–water partition coefficient (Wildman–Crippen LogP) is -0.532. The van der Waals surface area contributed by atoms with E-state index in [9.17, 15) is 4.79 Å². The molecule has 0 saturated heterocycles. The average Bonchev–Trinajstić information content (AvgIpc) is 2.11. The second-order valence-corrected chi connectivity index (χ2v) is 3.34. The van der Waals surface area contributed by atoms with Crippen molar-refractivity contribution in [1.82, 2.24) is 15.5 Å². The summed E-state index contributed by atoms with van der Waals surface area (Å²) in [5.74, 6) is 0.152. The van der Waals surface area contributed by atoms with Crippen LogP contribution in [0.2, 0.25) is 0 Å². The van der Waals surface area contributed by atoms with Gasteiger partial charge in [-0.05, 0) is 12.2 Å². The van der Waals surface area contributed by atoms with Gasteiger partial charge in [-0.25, -0.2) is 0 Å². The largest absolute Gasteiger partial charge is 0.361 e. The molecule has 6 heteroatoms. The third kappa shape index (κ3) is 6.65. The maximum absolute atomic E-state index is 10.7. The summed E-state index contributed by atoms with van der Waals surface area (Å²) in [6, 6.07) is 0. The van der Waals surface area contributed by atoms with Gasteiger partial charge in [-0.2, -0.15) is 12.6 Å². The van der Waals surface area contributed by atoms with Crippen LogP contribution in [0.5, 0.6) is 0 Å². The van der Waals surface area contributed by atoms with Crippen LogP contribution in [-0.4, -0.2) is 48.9 Å². The monoisotopic (exact) mass is 221 g/mol. The molecular weight excluding hydrogens is 206 g/mol. The van der Waals surface area contributed by atoms with Gasteiger partial charge in [0.05, 0.1) is 5.75 Å². The fraction of sp³-hybridized carbons (Fsp3) is 0.714. The Balaban J connectivity index is 3.36. The van der Waals surface area contributed by atoms with Crippen molar-refractivity contribution in [3.05, 3.63) is 0 Å². The predicted molar refractivity (Wildman–Crippen MR) is 61.2 cm³/mol. The maximum atomic E-state index is 10.7. The lowest BCUT2D eigenvalue weighted by atomic mass is 10.5. The van der Waals surface area contributed by atoms with E-state index in [2.05, 4.69) is 23.3 Å². The number of carbonyl (C=O) groups is 1. The Hall–Kier alpha value is -0.490. The molecule has 0 fully saturated rings. The van der Waals surface area contributed by atoms with Crippen LogP contribution in [0.25, 0.3) is 0 Å². The standard InChI is InChI=1S/C7H15N3OS2/c1-10(2)7(13)9-4-3-8-6(11)5-12/h12H,3-5H2,1-2H3,(H,8,11)(H,9,13). The molecule has 13 heavy (non-hydrogen) atoms. The Kier molecular flexibility index (Phi) is 6.70. The first-order valence-electron chi connectivity index (χ1n) is 3.90. The zero-order valence-electron chi connectivity index (χ0n) is 7.83. The van der Waals surface area contributed by atoms with E-state index in [1.165, 1.54) is 0 Å². The highest BCUT2D eigenvalue weighted by atomic mass is 32.1. The maximum Gasteiger partial charge on any atom is 0.229 e. The molecule has 0 heterocycles. The van der Waals surface area contributed by atoms with E-state index in [1.54, 1.807) is 4.90 Å². The second kappa shape index (κ2) is 6.97. The molecule has 0 aliphatic heterocycles. The van der Waals surface area contributed by atoms with Crippen LogP contribution < -0.4 is 10.6 Å². The molecule has 0 unspecified atom stereocenters. The number of hydrogen-bond acceptors (Lipinski definition) is 3. The zero-order valence-corrected chi connectivity index (χ0v) is 9.54. The zero-order chi connectivity index (χ0) is 10.3. The Labute approximate surface area is 89.5 Å². The molecule has 0 spiro atoms. The Bertz CT molecular complexity index is 185. The lowest BCUT2D eigenvalue weighted by Gasteiger charge is -2.15. The molecule has 0 aliphatic carbocycles. The van der Waals surface area contributed by atoms with Gasteiger partial charge in [-0.3, -0.25) is 4.79 Å². The summed E-state index contributed by atoms with van der Waals surface area (Å²) >= 11 is 8.80. The molecule has 0 bridgehead atoms. The van der Waals surface area contributed by atoms with Gasteiger partial charge >= 0.3 is 0 Å². The van der Waals surface area contributed by atoms with Gasteiger partial charge in [0.1, 0.15) is 0 Å². The number of nitrogens with one attached hydrogen (secondary N) is 2. The second-order valence-electron chi connectivity index (χ2n) is 2.63. The number of hydrogen-bond donors (Lipinski definition) is 3. The molecule has 0 aliphatic rings. The van der Waals surface area contributed by atoms with Crippen LogP contribution >= 0.6 is 24.8 Å². The normalized spacial score (nSPS) is 9.15. The summed E-state index contributed by atoms with van der Waals surface area (Å²) in [7, 11) is 3.73. The van der Waals surface area contributed by atoms with Crippen molar-refractivity contribution in [2.75, 3.05) is 32.9 Å². The molecule has 0 saturated carbocycles. The molecule has 2 N–H and O–H groups in total. The molecule has 0 radical (unpaired) electrons. The van der Waals surface area contributed by atoms with E-state index in [0.29, 0.717) is 18.2 Å². The van der Waals surface area contributed by atoms with E-state index in [4.69, 9.17) is 12.2 Å². The van der Waals surface area contributed by atoms with Gasteiger partial charge < -0.3 is 15.5 Å². The SMILES string of the molecule is CN(C)C(=S)NCCNC(=O)CS. The quantitative estimate of drug-likeness (QED) is 0.339. The summed E-state index contributed by atoms with van der Waals surface area (Å²) in [5.41, 5.74) is 0. The fourth-order valence-corrected chi connectivity index (χ4v) is 0.799. The number of thiol groups is 1. The number of nitrogens with zero attached hydrogens (tertiary/aromatic N) is 1. The minimum atomic E-state index is -0.0686. The summed E-state index contributed by atoms with van der Waals surface area (Å²) in [6.07, 6.45) is 0. The van der Waals surface area contributed by atoms with Crippen LogP contribution in [0.15, 0.2) is 0 Å². The van der Waals surface area contributed by atoms with Crippen molar-refractivity contribution >= 4 is 35.9 Å². The summed E-state index contributed by atoms with van der Waals surface area (Å²) in [6.45, 7) is 1.20. The van der Waals surface area contributed by atoms with E-state index in [0.717, 1.165) is 0 Å². The Morgan fingerprint density at radius 2 is 1.92 bits per heavy atom. The first-order valence-corrected chi connectivity index (χ1v) is 4.94. The number of amides is 1. The first kappa shape index (κ1) is 12.5. The Morgan fingerprint density at radius 3 is 2.38 bits per heavy atom. The third-order valence-corrected chi connectivity index (χ3v) is 2.07. The van der Waals surface area contributed by atoms with E-state index in [1.807, 2.05) is 14.1 Å². The van der Waals surface area contributed by atoms with Crippen LogP contribution in [0, 0.1) is 0 Å². The molecule has 0 aromatic heterocycles. The summed E-state index contributed by atoms with van der Waals surface area (Å²) < 4.78 is 0. The molecule has 0 rings (SSSR count). The number of thiocarbonyl (C=S) groups is 1. The first-order chi connectivity index (χ1) is 6.07. The highest BCUT2D eigenvalue weighted by Gasteiger charge is 1.98. The molecule has 0 aromatic rings. The number of rotatable bonds is 4. The van der Waals surface area contributed by atoms with Crippen molar-refractivity contribution in [1.29, 1.82) is 0 Å². The summed E-state index contributed by atoms with van der Waals surface area (Å²) in [4.78, 5) is 12.5. The van der Waals surface area contributed by atoms with E-state index in [-0.39, 0.29) is 11.7 Å². The minimum Gasteiger partial charge on any atom is -0.361 e. The van der Waals surface area contributed by atoms with Crippen LogP contribution in [-0.2, 0) is 4.79 Å². The van der Waals surface area contributed by atoms with Crippen molar-refractivity contribution in [2.45, 2.75) is 0 Å². The summed E-state index contributed by atoms with van der Waals surface area (Å²) in [5, 5.41) is 6.32. The smallest absolute Gasteiger partial charge is 0.229 e. The van der Waals surface area contributed by atoms with Gasteiger partial charge in [-0.15, -0.1) is 0 Å². The van der Waals surface area contributed by atoms with E-state index >= 15 is 0 Å². The lowest BCUT2D eigenvalue weighted by molar-refractivity contribution is -0.118. The van der Waals surface area contributed by atoms with Crippen molar-refractivity contribution < 1.29 is 4.79 Å². The molecule has 76 valence electrons. The van der Waals surface area contributed by atoms with Crippen LogP contribution in [0.4, 0.5) is 0 Å².